The van der Waals surface area contributed by atoms with E-state index in [0.29, 0.717) is 4.90 Å². The summed E-state index contributed by atoms with van der Waals surface area (Å²) in [5, 5.41) is 2.63. The van der Waals surface area contributed by atoms with Gasteiger partial charge in [-0.2, -0.15) is 0 Å². The first kappa shape index (κ1) is 32.6. The lowest BCUT2D eigenvalue weighted by atomic mass is 9.89. The quantitative estimate of drug-likeness (QED) is 0.292. The molecule has 0 radical (unpaired) electrons. The second-order valence-electron chi connectivity index (χ2n) is 8.84. The molecule has 6 atom stereocenters. The molecule has 0 aliphatic carbocycles. The van der Waals surface area contributed by atoms with Gasteiger partial charge >= 0.3 is 29.8 Å². The number of thioether (sulfide) groups is 1. The van der Waals surface area contributed by atoms with Gasteiger partial charge in [0, 0.05) is 45.9 Å². The van der Waals surface area contributed by atoms with Crippen LogP contribution < -0.4 is 5.32 Å². The number of rotatable bonds is 11. The number of nitrogens with one attached hydrogen (secondary N) is 1. The number of benzene rings is 1. The highest BCUT2D eigenvalue weighted by atomic mass is 32.2. The first-order chi connectivity index (χ1) is 18.8. The van der Waals surface area contributed by atoms with Gasteiger partial charge in [-0.05, 0) is 12.1 Å². The lowest BCUT2D eigenvalue weighted by molar-refractivity contribution is -0.224. The molecule has 1 aliphatic heterocycles. The number of esters is 5. The molecule has 0 aromatic heterocycles. The summed E-state index contributed by atoms with van der Waals surface area (Å²) in [5.41, 5.74) is 0. The zero-order chi connectivity index (χ0) is 30.0. The van der Waals surface area contributed by atoms with Gasteiger partial charge in [0.25, 0.3) is 0 Å². The number of methoxy groups -OCH3 is 1. The average molecular weight is 584 g/mol. The van der Waals surface area contributed by atoms with Crippen LogP contribution in [-0.4, -0.2) is 84.9 Å². The molecule has 1 aromatic carbocycles. The van der Waals surface area contributed by atoms with E-state index in [-0.39, 0.29) is 6.42 Å². The highest BCUT2D eigenvalue weighted by molar-refractivity contribution is 8.01. The van der Waals surface area contributed by atoms with Crippen LogP contribution in [0.15, 0.2) is 35.2 Å². The second-order valence-corrected chi connectivity index (χ2v) is 10.2. The number of carbonyl (C=O) groups is 6. The zero-order valence-electron chi connectivity index (χ0n) is 23.0. The summed E-state index contributed by atoms with van der Waals surface area (Å²) in [6.45, 7) is 5.07. The molecule has 14 heteroatoms. The third kappa shape index (κ3) is 9.23. The monoisotopic (exact) mass is 583 g/mol. The number of amides is 1. The van der Waals surface area contributed by atoms with Crippen molar-refractivity contribution >= 4 is 47.5 Å². The molecule has 220 valence electrons. The van der Waals surface area contributed by atoms with Crippen LogP contribution in [0.3, 0.4) is 0 Å². The summed E-state index contributed by atoms with van der Waals surface area (Å²) in [5.74, 6) is -4.54. The lowest BCUT2D eigenvalue weighted by Gasteiger charge is -2.48. The summed E-state index contributed by atoms with van der Waals surface area (Å²) in [7, 11) is 1.14. The summed E-state index contributed by atoms with van der Waals surface area (Å²) < 4.78 is 32.9. The summed E-state index contributed by atoms with van der Waals surface area (Å²) in [6.07, 6.45) is -5.98. The van der Waals surface area contributed by atoms with Crippen LogP contribution in [0.25, 0.3) is 0 Å². The van der Waals surface area contributed by atoms with Gasteiger partial charge in [-0.15, -0.1) is 0 Å². The van der Waals surface area contributed by atoms with Gasteiger partial charge in [-0.25, -0.2) is 4.79 Å². The van der Waals surface area contributed by atoms with Crippen molar-refractivity contribution in [1.82, 2.24) is 5.32 Å². The Labute approximate surface area is 235 Å². The van der Waals surface area contributed by atoms with Crippen LogP contribution >= 0.6 is 11.8 Å². The van der Waals surface area contributed by atoms with Gasteiger partial charge in [-0.1, -0.05) is 30.0 Å². The maximum Gasteiger partial charge on any atom is 0.349 e. The second kappa shape index (κ2) is 14.7. The molecule has 13 nitrogen and oxygen atoms in total. The number of hydrogen-bond donors (Lipinski definition) is 1. The molecule has 0 spiro atoms. The Morgan fingerprint density at radius 1 is 0.950 bits per heavy atom. The van der Waals surface area contributed by atoms with Crippen LogP contribution in [0.4, 0.5) is 0 Å². The molecule has 40 heavy (non-hydrogen) atoms. The molecular weight excluding hydrogens is 550 g/mol. The van der Waals surface area contributed by atoms with E-state index >= 15 is 0 Å². The Morgan fingerprint density at radius 2 is 1.57 bits per heavy atom. The highest BCUT2D eigenvalue weighted by Gasteiger charge is 2.58. The van der Waals surface area contributed by atoms with E-state index in [1.807, 2.05) is 0 Å². The van der Waals surface area contributed by atoms with Gasteiger partial charge in [0.2, 0.25) is 10.8 Å². The van der Waals surface area contributed by atoms with Crippen LogP contribution in [0.1, 0.15) is 41.0 Å². The molecule has 1 N–H and O–H groups in total. The number of ether oxygens (including phenoxy) is 6. The molecule has 1 saturated heterocycles. The standard InChI is InChI=1S/C26H33NO12S/c1-14(28)27-22-20(36-16(3)30)12-26(25(33)34-6,40-19-10-8-7-9-11-19)39-24(22)23(38-18(5)32)21(37-17(4)31)13-35-15(2)29/h7-11,20-24H,12-13H2,1-6H3,(H,27,28)/t20-,21?,22+,23+,24+,26+/m0/s1. The van der Waals surface area contributed by atoms with Crippen molar-refractivity contribution in [3.8, 4) is 0 Å². The molecule has 0 bridgehead atoms. The minimum atomic E-state index is -1.89. The molecule has 1 unspecified atom stereocenters. The Hall–Kier alpha value is -3.65. The topological polar surface area (TPSA) is 170 Å². The first-order valence-electron chi connectivity index (χ1n) is 12.2. The Morgan fingerprint density at radius 3 is 2.08 bits per heavy atom. The van der Waals surface area contributed by atoms with Crippen molar-refractivity contribution < 1.29 is 57.2 Å². The van der Waals surface area contributed by atoms with Crippen molar-refractivity contribution in [3.63, 3.8) is 0 Å². The minimum Gasteiger partial charge on any atom is -0.466 e. The van der Waals surface area contributed by atoms with E-state index in [9.17, 15) is 28.8 Å². The van der Waals surface area contributed by atoms with E-state index in [1.54, 1.807) is 30.3 Å². The smallest absolute Gasteiger partial charge is 0.349 e. The number of carbonyl (C=O) groups excluding carboxylic acids is 6. The van der Waals surface area contributed by atoms with E-state index in [4.69, 9.17) is 28.4 Å². The lowest BCUT2D eigenvalue weighted by Crippen LogP contribution is -2.68. The number of hydrogen-bond acceptors (Lipinski definition) is 13. The van der Waals surface area contributed by atoms with Gasteiger partial charge < -0.3 is 33.7 Å². The minimum absolute atomic E-state index is 0.283. The fourth-order valence-electron chi connectivity index (χ4n) is 4.18. The Kier molecular flexibility index (Phi) is 11.9. The van der Waals surface area contributed by atoms with Crippen molar-refractivity contribution in [2.45, 2.75) is 81.3 Å². The first-order valence-corrected chi connectivity index (χ1v) is 13.0. The van der Waals surface area contributed by atoms with Crippen LogP contribution in [0.5, 0.6) is 0 Å². The predicted molar refractivity (Wildman–Crippen MR) is 137 cm³/mol. The van der Waals surface area contributed by atoms with E-state index < -0.39 is 77.8 Å². The SMILES string of the molecule is COC(=O)[C@]1(Sc2ccccc2)C[C@H](OC(C)=O)[C@@H](NC(C)=O)[C@H]([C@H](OC(C)=O)C(COC(C)=O)OC(C)=O)O1. The van der Waals surface area contributed by atoms with Crippen molar-refractivity contribution in [2.75, 3.05) is 13.7 Å². The third-order valence-corrected chi connectivity index (χ3v) is 6.79. The molecule has 1 aliphatic rings. The molecule has 2 rings (SSSR count). The van der Waals surface area contributed by atoms with Crippen molar-refractivity contribution in [3.05, 3.63) is 30.3 Å². The van der Waals surface area contributed by atoms with Gasteiger partial charge in [-0.3, -0.25) is 24.0 Å². The molecule has 1 fully saturated rings. The molecule has 1 heterocycles. The summed E-state index contributed by atoms with van der Waals surface area (Å²) in [6, 6.07) is 7.43. The molecule has 1 amide bonds. The third-order valence-electron chi connectivity index (χ3n) is 5.52. The Balaban J connectivity index is 2.76. The summed E-state index contributed by atoms with van der Waals surface area (Å²) >= 11 is 0.946. The average Bonchev–Trinajstić information content (AvgIpc) is 2.85. The van der Waals surface area contributed by atoms with E-state index in [1.165, 1.54) is 6.92 Å². The zero-order valence-corrected chi connectivity index (χ0v) is 23.8. The maximum atomic E-state index is 13.3. The largest absolute Gasteiger partial charge is 0.466 e. The van der Waals surface area contributed by atoms with Crippen molar-refractivity contribution in [2.24, 2.45) is 0 Å². The van der Waals surface area contributed by atoms with E-state index in [2.05, 4.69) is 5.32 Å². The fourth-order valence-corrected chi connectivity index (χ4v) is 5.43. The highest BCUT2D eigenvalue weighted by Crippen LogP contribution is 2.45. The van der Waals surface area contributed by atoms with Crippen LogP contribution in [-0.2, 0) is 57.2 Å². The Bertz CT molecular complexity index is 1100. The van der Waals surface area contributed by atoms with Gasteiger partial charge in [0.15, 0.2) is 12.2 Å². The predicted octanol–water partition coefficient (Wildman–Crippen LogP) is 1.30. The molecule has 0 saturated carbocycles. The van der Waals surface area contributed by atoms with Gasteiger partial charge in [0.05, 0.1) is 13.2 Å². The van der Waals surface area contributed by atoms with Crippen molar-refractivity contribution in [1.29, 1.82) is 0 Å². The van der Waals surface area contributed by atoms with Gasteiger partial charge in [0.1, 0.15) is 18.8 Å². The summed E-state index contributed by atoms with van der Waals surface area (Å²) in [4.78, 5) is 72.3. The normalized spacial score (nSPS) is 23.5. The maximum absolute atomic E-state index is 13.3. The fraction of sp³-hybridized carbons (Fsp3) is 0.538. The van der Waals surface area contributed by atoms with Crippen LogP contribution in [0, 0.1) is 0 Å². The van der Waals surface area contributed by atoms with E-state index in [0.717, 1.165) is 46.6 Å². The molecular formula is C26H33NO12S. The molecule has 1 aromatic rings. The van der Waals surface area contributed by atoms with Crippen LogP contribution in [0.2, 0.25) is 0 Å².